The summed E-state index contributed by atoms with van der Waals surface area (Å²) in [5.41, 5.74) is 6.32. The van der Waals surface area contributed by atoms with Crippen LogP contribution in [0.5, 0.6) is 0 Å². The molecular weight excluding hydrogens is 673 g/mol. The summed E-state index contributed by atoms with van der Waals surface area (Å²) in [5, 5.41) is 18.8. The van der Waals surface area contributed by atoms with E-state index in [0.717, 1.165) is 16.7 Å². The van der Waals surface area contributed by atoms with Crippen LogP contribution in [-0.4, -0.2) is 22.1 Å². The van der Waals surface area contributed by atoms with Gasteiger partial charge in [-0.1, -0.05) is 100 Å². The molecule has 2 aromatic heterocycles. The molecule has 3 heterocycles. The maximum Gasteiger partial charge on any atom is 0.254 e. The Labute approximate surface area is 299 Å². The van der Waals surface area contributed by atoms with Crippen molar-refractivity contribution in [1.29, 1.82) is 0 Å². The summed E-state index contributed by atoms with van der Waals surface area (Å²) in [6.45, 7) is 7.12. The summed E-state index contributed by atoms with van der Waals surface area (Å²) in [4.78, 5) is 28.6. The minimum absolute atomic E-state index is 0.366. The third kappa shape index (κ3) is 7.49. The number of halogens is 2. The minimum Gasteiger partial charge on any atom is -0.362 e. The Hall–Kier alpha value is -5.64. The van der Waals surface area contributed by atoms with Gasteiger partial charge in [0.1, 0.15) is 22.8 Å². The molecule has 9 nitrogen and oxygen atoms in total. The van der Waals surface area contributed by atoms with Crippen molar-refractivity contribution >= 4 is 70.7 Å². The molecule has 50 heavy (non-hydrogen) atoms. The Morgan fingerprint density at radius 3 is 1.48 bits per heavy atom. The van der Waals surface area contributed by atoms with Crippen LogP contribution < -0.4 is 16.0 Å². The highest BCUT2D eigenvalue weighted by molar-refractivity contribution is 6.30. The average molecular weight is 707 g/mol. The van der Waals surface area contributed by atoms with Crippen molar-refractivity contribution in [2.45, 2.75) is 33.6 Å². The molecule has 0 unspecified atom stereocenters. The first-order valence-corrected chi connectivity index (χ1v) is 16.5. The lowest BCUT2D eigenvalue weighted by molar-refractivity contribution is -0.113. The minimum atomic E-state index is -0.723. The summed E-state index contributed by atoms with van der Waals surface area (Å²) in [7, 11) is 0. The number of hydrogen-bond donors (Lipinski definition) is 3. The zero-order valence-electron chi connectivity index (χ0n) is 27.7. The number of carbonyl (C=O) groups excluding carboxylic acids is 2. The second kappa shape index (κ2) is 14.9. The molecule has 11 heteroatoms. The highest BCUT2D eigenvalue weighted by atomic mass is 35.5. The van der Waals surface area contributed by atoms with Crippen molar-refractivity contribution in [2.75, 3.05) is 10.6 Å². The van der Waals surface area contributed by atoms with Gasteiger partial charge in [0.25, 0.3) is 11.8 Å². The molecule has 0 saturated heterocycles. The van der Waals surface area contributed by atoms with Crippen LogP contribution in [0.3, 0.4) is 0 Å². The first-order valence-electron chi connectivity index (χ1n) is 15.7. The number of aryl methyl sites for hydroxylation is 2. The SMILES string of the molecule is CC1=C(C(=O)Nc2c(C)noc2/C=C/c2ccc(Cl)cc2)C(c2ccccc2)C(C(=O)Nc2c(C)noc2/C=C/c2ccc(Cl)cc2)=C(C)N1. The predicted molar refractivity (Wildman–Crippen MR) is 198 cm³/mol. The Morgan fingerprint density at radius 2 is 1.06 bits per heavy atom. The van der Waals surface area contributed by atoms with Crippen molar-refractivity contribution in [3.63, 3.8) is 0 Å². The number of allylic oxidation sites excluding steroid dienone is 2. The monoisotopic (exact) mass is 705 g/mol. The van der Waals surface area contributed by atoms with E-state index in [0.29, 0.717) is 66.9 Å². The molecule has 0 bridgehead atoms. The lowest BCUT2D eigenvalue weighted by atomic mass is 9.79. The number of dihydropyridines is 1. The van der Waals surface area contributed by atoms with Crippen LogP contribution in [0.2, 0.25) is 10.0 Å². The molecule has 5 aromatic rings. The molecule has 0 fully saturated rings. The largest absolute Gasteiger partial charge is 0.362 e. The number of nitrogens with one attached hydrogen (secondary N) is 3. The van der Waals surface area contributed by atoms with E-state index in [1.165, 1.54) is 0 Å². The van der Waals surface area contributed by atoms with Crippen LogP contribution in [-0.2, 0) is 9.59 Å². The number of anilines is 2. The third-order valence-electron chi connectivity index (χ3n) is 8.23. The van der Waals surface area contributed by atoms with Gasteiger partial charge in [0.2, 0.25) is 0 Å². The number of carbonyl (C=O) groups is 2. The molecule has 252 valence electrons. The summed E-state index contributed by atoms with van der Waals surface area (Å²) in [5.74, 6) is -0.811. The molecule has 6 rings (SSSR count). The Bertz CT molecular complexity index is 2040. The van der Waals surface area contributed by atoms with Crippen LogP contribution in [0.4, 0.5) is 11.4 Å². The fraction of sp³-hybridized carbons (Fsp3) is 0.128. The van der Waals surface area contributed by atoms with E-state index in [-0.39, 0.29) is 0 Å². The summed E-state index contributed by atoms with van der Waals surface area (Å²) in [6, 6.07) is 24.1. The molecule has 2 amide bonds. The van der Waals surface area contributed by atoms with Crippen LogP contribution in [0, 0.1) is 13.8 Å². The lowest BCUT2D eigenvalue weighted by Crippen LogP contribution is -2.35. The van der Waals surface area contributed by atoms with Gasteiger partial charge in [-0.25, -0.2) is 0 Å². The molecular formula is C39H33Cl2N5O4. The number of amides is 2. The Kier molecular flexibility index (Phi) is 10.2. The van der Waals surface area contributed by atoms with E-state index in [1.807, 2.05) is 80.6 Å². The van der Waals surface area contributed by atoms with Gasteiger partial charge >= 0.3 is 0 Å². The fourth-order valence-electron chi connectivity index (χ4n) is 5.73. The molecule has 1 aliphatic rings. The molecule has 3 aromatic carbocycles. The van der Waals surface area contributed by atoms with Gasteiger partial charge in [-0.2, -0.15) is 0 Å². The number of hydrogen-bond acceptors (Lipinski definition) is 7. The van der Waals surface area contributed by atoms with E-state index in [1.54, 1.807) is 50.3 Å². The van der Waals surface area contributed by atoms with E-state index in [9.17, 15) is 9.59 Å². The van der Waals surface area contributed by atoms with Gasteiger partial charge in [-0.15, -0.1) is 0 Å². The lowest BCUT2D eigenvalue weighted by Gasteiger charge is -2.31. The van der Waals surface area contributed by atoms with Crippen LogP contribution in [0.25, 0.3) is 24.3 Å². The standard InChI is InChI=1S/C39H33Cl2N5O4/c1-22-33(38(47)43-36-24(3)45-49-31(36)20-14-26-10-16-29(40)17-11-26)35(28-8-6-5-7-9-28)34(23(2)42-22)39(48)44-37-25(4)46-50-32(37)21-15-27-12-18-30(41)19-13-27/h5-21,35,42H,1-4H3,(H,43,47)(H,44,48)/b20-14+,21-15+. The van der Waals surface area contributed by atoms with Gasteiger partial charge < -0.3 is 25.0 Å². The van der Waals surface area contributed by atoms with E-state index in [4.69, 9.17) is 32.2 Å². The third-order valence-corrected chi connectivity index (χ3v) is 8.74. The zero-order chi connectivity index (χ0) is 35.4. The van der Waals surface area contributed by atoms with Crippen molar-refractivity contribution in [2.24, 2.45) is 0 Å². The first kappa shape index (κ1) is 34.2. The Morgan fingerprint density at radius 1 is 0.640 bits per heavy atom. The average Bonchev–Trinajstić information content (AvgIpc) is 3.63. The maximum absolute atomic E-state index is 14.3. The van der Waals surface area contributed by atoms with Crippen LogP contribution in [0.1, 0.15) is 59.4 Å². The highest BCUT2D eigenvalue weighted by Gasteiger charge is 2.37. The van der Waals surface area contributed by atoms with Gasteiger partial charge in [-0.05, 0) is 80.8 Å². The van der Waals surface area contributed by atoms with E-state index >= 15 is 0 Å². The fourth-order valence-corrected chi connectivity index (χ4v) is 5.99. The number of benzene rings is 3. The Balaban J connectivity index is 1.31. The van der Waals surface area contributed by atoms with Crippen LogP contribution in [0.15, 0.2) is 110 Å². The molecule has 0 aliphatic carbocycles. The molecule has 1 aliphatic heterocycles. The van der Waals surface area contributed by atoms with Gasteiger partial charge in [0.05, 0.1) is 0 Å². The van der Waals surface area contributed by atoms with Crippen molar-refractivity contribution in [3.8, 4) is 0 Å². The normalized spacial score (nSPS) is 13.7. The smallest absolute Gasteiger partial charge is 0.254 e. The summed E-state index contributed by atoms with van der Waals surface area (Å²) in [6.07, 6.45) is 7.14. The van der Waals surface area contributed by atoms with Gasteiger partial charge in [-0.3, -0.25) is 9.59 Å². The molecule has 0 radical (unpaired) electrons. The zero-order valence-corrected chi connectivity index (χ0v) is 29.2. The van der Waals surface area contributed by atoms with Crippen LogP contribution >= 0.6 is 23.2 Å². The topological polar surface area (TPSA) is 122 Å². The van der Waals surface area contributed by atoms with Crippen molar-refractivity contribution in [3.05, 3.63) is 151 Å². The number of rotatable bonds is 9. The quantitative estimate of drug-likeness (QED) is 0.140. The molecule has 0 saturated carbocycles. The first-order chi connectivity index (χ1) is 24.1. The number of aromatic nitrogens is 2. The van der Waals surface area contributed by atoms with E-state index in [2.05, 4.69) is 26.3 Å². The van der Waals surface area contributed by atoms with Gasteiger partial charge in [0.15, 0.2) is 11.5 Å². The second-order valence-corrected chi connectivity index (χ2v) is 12.6. The maximum atomic E-state index is 14.3. The molecule has 0 spiro atoms. The summed E-state index contributed by atoms with van der Waals surface area (Å²) < 4.78 is 11.1. The molecule has 0 atom stereocenters. The number of nitrogens with zero attached hydrogens (tertiary/aromatic N) is 2. The molecule has 3 N–H and O–H groups in total. The summed E-state index contributed by atoms with van der Waals surface area (Å²) >= 11 is 12.1. The van der Waals surface area contributed by atoms with Crippen molar-refractivity contribution in [1.82, 2.24) is 15.6 Å². The predicted octanol–water partition coefficient (Wildman–Crippen LogP) is 9.44. The highest BCUT2D eigenvalue weighted by Crippen LogP contribution is 2.40. The van der Waals surface area contributed by atoms with Crippen molar-refractivity contribution < 1.29 is 18.6 Å². The van der Waals surface area contributed by atoms with E-state index < -0.39 is 17.7 Å². The van der Waals surface area contributed by atoms with Gasteiger partial charge in [0, 0.05) is 38.5 Å². The second-order valence-electron chi connectivity index (χ2n) is 11.7.